The van der Waals surface area contributed by atoms with Gasteiger partial charge in [-0.05, 0) is 75.0 Å². The van der Waals surface area contributed by atoms with Crippen molar-refractivity contribution in [1.82, 2.24) is 36.9 Å². The van der Waals surface area contributed by atoms with Gasteiger partial charge in [0.1, 0.15) is 36.3 Å². The molecule has 0 unspecified atom stereocenters. The van der Waals surface area contributed by atoms with Gasteiger partial charge >= 0.3 is 0 Å². The number of unbranched alkanes of at least 4 members (excludes halogenated alkanes) is 1. The number of amides is 6. The number of hydrogen-bond acceptors (Lipinski definition) is 7. The van der Waals surface area contributed by atoms with Crippen molar-refractivity contribution in [1.29, 1.82) is 0 Å². The molecule has 0 saturated carbocycles. The molecule has 1 aromatic heterocycles. The van der Waals surface area contributed by atoms with E-state index in [1.165, 1.54) is 6.92 Å². The van der Waals surface area contributed by atoms with E-state index in [0.29, 0.717) is 19.4 Å². The van der Waals surface area contributed by atoms with Gasteiger partial charge in [-0.2, -0.15) is 0 Å². The quantitative estimate of drug-likeness (QED) is 0.161. The van der Waals surface area contributed by atoms with Crippen LogP contribution in [-0.2, 0) is 35.2 Å². The van der Waals surface area contributed by atoms with Crippen molar-refractivity contribution in [3.05, 3.63) is 36.0 Å². The third-order valence-electron chi connectivity index (χ3n) is 8.99. The number of aromatic amines is 1. The van der Waals surface area contributed by atoms with Crippen molar-refractivity contribution in [3.63, 3.8) is 0 Å². The Bertz CT molecular complexity index is 1520. The van der Waals surface area contributed by atoms with Crippen LogP contribution in [0.3, 0.4) is 0 Å². The van der Waals surface area contributed by atoms with Crippen LogP contribution in [0.5, 0.6) is 0 Å². The average Bonchev–Trinajstić information content (AvgIpc) is 3.47. The number of H-pyrrole nitrogens is 1. The summed E-state index contributed by atoms with van der Waals surface area (Å²) < 4.78 is 0. The maximum atomic E-state index is 14.2. The van der Waals surface area contributed by atoms with E-state index in [0.717, 1.165) is 16.5 Å². The van der Waals surface area contributed by atoms with E-state index in [9.17, 15) is 28.8 Å². The van der Waals surface area contributed by atoms with Gasteiger partial charge in [0.2, 0.25) is 35.4 Å². The minimum absolute atomic E-state index is 0.000609. The second kappa shape index (κ2) is 19.2. The molecule has 3 rings (SSSR count). The number of aromatic nitrogens is 1. The molecular weight excluding hydrogens is 652 g/mol. The van der Waals surface area contributed by atoms with Crippen LogP contribution in [0.1, 0.15) is 86.1 Å². The predicted octanol–water partition coefficient (Wildman–Crippen LogP) is 1.53. The third-order valence-corrected chi connectivity index (χ3v) is 8.99. The number of nitrogens with two attached hydrogens (primary N) is 1. The lowest BCUT2D eigenvalue weighted by molar-refractivity contribution is -0.137. The van der Waals surface area contributed by atoms with E-state index in [-0.39, 0.29) is 43.4 Å². The average molecular weight is 711 g/mol. The van der Waals surface area contributed by atoms with Crippen molar-refractivity contribution in [2.45, 2.75) is 123 Å². The number of carbonyl (C=O) groups excluding carboxylic acids is 6. The molecule has 0 radical (unpaired) electrons. The maximum Gasteiger partial charge on any atom is 0.243 e. The van der Waals surface area contributed by atoms with E-state index in [4.69, 9.17) is 5.73 Å². The Morgan fingerprint density at radius 1 is 0.627 bits per heavy atom. The highest BCUT2D eigenvalue weighted by Gasteiger charge is 2.35. The number of carbonyl (C=O) groups is 6. The molecule has 1 saturated heterocycles. The summed E-state index contributed by atoms with van der Waals surface area (Å²) in [5.41, 5.74) is 7.34. The molecule has 9 N–H and O–H groups in total. The molecule has 2 heterocycles. The number of nitrogens with one attached hydrogen (secondary N) is 7. The Hall–Kier alpha value is -4.46. The number of rotatable bonds is 11. The lowest BCUT2D eigenvalue weighted by Crippen LogP contribution is -2.62. The monoisotopic (exact) mass is 710 g/mol. The molecule has 6 amide bonds. The molecule has 14 nitrogen and oxygen atoms in total. The summed E-state index contributed by atoms with van der Waals surface area (Å²) in [5.74, 6) is -3.85. The highest BCUT2D eigenvalue weighted by atomic mass is 16.2. The SMILES string of the molecule is CC(C)C[C@@H]1NC(=O)[C@H](Cc2c[nH]c3ccccc23)NC(=O)[C@@H](CCCCN)NC(=O)[C@H](C)NC(=O)[C@H](C(C)C)NC(=O)[C@@H](CC(C)C)NC1=O. The van der Waals surface area contributed by atoms with E-state index >= 15 is 0 Å². The first-order valence-corrected chi connectivity index (χ1v) is 18.2. The lowest BCUT2D eigenvalue weighted by Gasteiger charge is -2.30. The van der Waals surface area contributed by atoms with Gasteiger partial charge in [-0.15, -0.1) is 0 Å². The van der Waals surface area contributed by atoms with Crippen molar-refractivity contribution in [3.8, 4) is 0 Å². The van der Waals surface area contributed by atoms with Gasteiger partial charge in [-0.1, -0.05) is 59.7 Å². The van der Waals surface area contributed by atoms with Gasteiger partial charge in [-0.25, -0.2) is 0 Å². The van der Waals surface area contributed by atoms with E-state index in [2.05, 4.69) is 36.9 Å². The van der Waals surface area contributed by atoms with Crippen LogP contribution in [0.4, 0.5) is 0 Å². The summed E-state index contributed by atoms with van der Waals surface area (Å²) in [6.07, 6.45) is 3.75. The summed E-state index contributed by atoms with van der Waals surface area (Å²) in [6, 6.07) is 1.27. The fraction of sp³-hybridized carbons (Fsp3) is 0.622. The maximum absolute atomic E-state index is 14.2. The second-order valence-electron chi connectivity index (χ2n) is 14.8. The van der Waals surface area contributed by atoms with Gasteiger partial charge in [0.15, 0.2) is 0 Å². The topological polar surface area (TPSA) is 216 Å². The van der Waals surface area contributed by atoms with E-state index in [1.54, 1.807) is 20.0 Å². The molecule has 1 aliphatic heterocycles. The van der Waals surface area contributed by atoms with Crippen LogP contribution in [0.15, 0.2) is 30.5 Å². The largest absolute Gasteiger partial charge is 0.361 e. The van der Waals surface area contributed by atoms with Crippen LogP contribution < -0.4 is 37.6 Å². The van der Waals surface area contributed by atoms with Gasteiger partial charge in [0.05, 0.1) is 0 Å². The number of fused-ring (bicyclic) bond motifs is 1. The second-order valence-corrected chi connectivity index (χ2v) is 14.8. The molecular formula is C37H58N8O6. The van der Waals surface area contributed by atoms with Gasteiger partial charge < -0.3 is 42.6 Å². The van der Waals surface area contributed by atoms with Crippen LogP contribution in [0.2, 0.25) is 0 Å². The molecule has 1 fully saturated rings. The van der Waals surface area contributed by atoms with Gasteiger partial charge in [0.25, 0.3) is 0 Å². The molecule has 1 aliphatic rings. The minimum Gasteiger partial charge on any atom is -0.361 e. The minimum atomic E-state index is -1.13. The Balaban J connectivity index is 2.08. The first-order chi connectivity index (χ1) is 24.1. The Morgan fingerprint density at radius 2 is 1.16 bits per heavy atom. The van der Waals surface area contributed by atoms with Crippen LogP contribution >= 0.6 is 0 Å². The highest BCUT2D eigenvalue weighted by molar-refractivity contribution is 5.98. The number of para-hydroxylation sites is 1. The first-order valence-electron chi connectivity index (χ1n) is 18.2. The molecule has 1 aromatic carbocycles. The fourth-order valence-corrected chi connectivity index (χ4v) is 6.17. The third kappa shape index (κ3) is 12.1. The zero-order chi connectivity index (χ0) is 37.8. The molecule has 51 heavy (non-hydrogen) atoms. The molecule has 0 bridgehead atoms. The molecule has 6 atom stereocenters. The number of benzene rings is 1. The van der Waals surface area contributed by atoms with Crippen LogP contribution in [0.25, 0.3) is 10.9 Å². The van der Waals surface area contributed by atoms with Gasteiger partial charge in [0, 0.05) is 23.5 Å². The Labute approximate surface area is 301 Å². The Kier molecular flexibility index (Phi) is 15.4. The standard InChI is InChI=1S/C37H58N8O6/c1-20(2)16-28-34(48)43-29(17-21(3)4)36(50)45-31(22(5)6)37(51)40-23(7)32(46)41-27(14-10-11-15-38)33(47)44-30(35(49)42-28)18-24-19-39-26-13-9-8-12-25(24)26/h8-9,12-13,19-23,27-31,39H,10-11,14-18,38H2,1-7H3,(H,40,51)(H,41,46)(H,42,49)(H,43,48)(H,44,47)(H,45,50)/t23-,27+,28-,29+,30-,31-/m0/s1. The van der Waals surface area contributed by atoms with E-state index in [1.807, 2.05) is 52.0 Å². The van der Waals surface area contributed by atoms with Crippen LogP contribution in [-0.4, -0.2) is 83.2 Å². The van der Waals surface area contributed by atoms with Crippen molar-refractivity contribution < 1.29 is 28.8 Å². The summed E-state index contributed by atoms with van der Waals surface area (Å²) in [4.78, 5) is 85.8. The van der Waals surface area contributed by atoms with Crippen molar-refractivity contribution >= 4 is 46.3 Å². The molecule has 0 aliphatic carbocycles. The normalized spacial score (nSPS) is 24.8. The zero-order valence-electron chi connectivity index (χ0n) is 31.1. The molecule has 282 valence electrons. The van der Waals surface area contributed by atoms with Crippen molar-refractivity contribution in [2.75, 3.05) is 6.54 Å². The summed E-state index contributed by atoms with van der Waals surface area (Å²) >= 11 is 0. The fourth-order valence-electron chi connectivity index (χ4n) is 6.17. The molecule has 0 spiro atoms. The molecule has 2 aromatic rings. The Morgan fingerprint density at radius 3 is 1.75 bits per heavy atom. The predicted molar refractivity (Wildman–Crippen MR) is 196 cm³/mol. The lowest BCUT2D eigenvalue weighted by atomic mass is 9.97. The summed E-state index contributed by atoms with van der Waals surface area (Å²) in [7, 11) is 0. The summed E-state index contributed by atoms with van der Waals surface area (Å²) in [6.45, 7) is 13.0. The smallest absolute Gasteiger partial charge is 0.243 e. The van der Waals surface area contributed by atoms with E-state index < -0.39 is 71.7 Å². The highest BCUT2D eigenvalue weighted by Crippen LogP contribution is 2.20. The first kappa shape index (κ1) is 41.0. The van der Waals surface area contributed by atoms with Crippen LogP contribution in [0, 0.1) is 17.8 Å². The zero-order valence-corrected chi connectivity index (χ0v) is 31.1. The number of hydrogen-bond donors (Lipinski definition) is 8. The van der Waals surface area contributed by atoms with Crippen molar-refractivity contribution in [2.24, 2.45) is 23.5 Å². The molecule has 14 heteroatoms. The summed E-state index contributed by atoms with van der Waals surface area (Å²) in [5, 5.41) is 17.6. The van der Waals surface area contributed by atoms with Gasteiger partial charge in [-0.3, -0.25) is 28.8 Å².